The summed E-state index contributed by atoms with van der Waals surface area (Å²) in [4.78, 5) is 18.3. The second-order valence-corrected chi connectivity index (χ2v) is 6.49. The Morgan fingerprint density at radius 2 is 2.14 bits per heavy atom. The van der Waals surface area contributed by atoms with Crippen LogP contribution in [0.5, 0.6) is 0 Å². The van der Waals surface area contributed by atoms with Crippen LogP contribution in [-0.2, 0) is 4.79 Å². The summed E-state index contributed by atoms with van der Waals surface area (Å²) in [5, 5.41) is 10.7. The molecule has 0 spiro atoms. The molecule has 1 atom stereocenters. The van der Waals surface area contributed by atoms with Crippen molar-refractivity contribution in [3.8, 4) is 0 Å². The van der Waals surface area contributed by atoms with Crippen LogP contribution >= 0.6 is 11.3 Å². The Morgan fingerprint density at radius 1 is 1.36 bits per heavy atom. The van der Waals surface area contributed by atoms with Gasteiger partial charge in [0.15, 0.2) is 5.96 Å². The highest BCUT2D eigenvalue weighted by Gasteiger charge is 2.16. The molecule has 0 aliphatic carbocycles. The maximum absolute atomic E-state index is 12.1. The van der Waals surface area contributed by atoms with Crippen molar-refractivity contribution in [3.05, 3.63) is 22.4 Å². The third-order valence-corrected chi connectivity index (χ3v) is 4.73. The summed E-state index contributed by atoms with van der Waals surface area (Å²) in [6, 6.07) is 2.15. The third-order valence-electron chi connectivity index (χ3n) is 4.03. The number of amides is 1. The summed E-state index contributed by atoms with van der Waals surface area (Å²) in [7, 11) is 1.73. The summed E-state index contributed by atoms with van der Waals surface area (Å²) in [5.74, 6) is 1.27. The first-order chi connectivity index (χ1) is 10.7. The van der Waals surface area contributed by atoms with E-state index < -0.39 is 0 Å². The number of rotatable bonds is 5. The minimum absolute atomic E-state index is 0.161. The number of piperidine rings is 1. The molecule has 0 radical (unpaired) electrons. The van der Waals surface area contributed by atoms with E-state index in [-0.39, 0.29) is 5.91 Å². The predicted molar refractivity (Wildman–Crippen MR) is 92.5 cm³/mol. The van der Waals surface area contributed by atoms with E-state index in [2.05, 4.69) is 39.4 Å². The second-order valence-electron chi connectivity index (χ2n) is 5.71. The molecule has 1 amide bonds. The van der Waals surface area contributed by atoms with Crippen molar-refractivity contribution in [3.63, 3.8) is 0 Å². The average Bonchev–Trinajstić information content (AvgIpc) is 3.10. The Labute approximate surface area is 136 Å². The monoisotopic (exact) mass is 322 g/mol. The summed E-state index contributed by atoms with van der Waals surface area (Å²) < 4.78 is 0. The van der Waals surface area contributed by atoms with E-state index in [1.807, 2.05) is 4.90 Å². The number of carbonyl (C=O) groups is 1. The van der Waals surface area contributed by atoms with Crippen LogP contribution in [0, 0.1) is 0 Å². The Morgan fingerprint density at radius 3 is 2.77 bits per heavy atom. The molecule has 2 rings (SSSR count). The maximum Gasteiger partial charge on any atom is 0.241 e. The van der Waals surface area contributed by atoms with Gasteiger partial charge in [0, 0.05) is 26.7 Å². The van der Waals surface area contributed by atoms with Gasteiger partial charge in [-0.1, -0.05) is 6.92 Å². The van der Waals surface area contributed by atoms with Crippen LogP contribution in [0.25, 0.3) is 0 Å². The Balaban J connectivity index is 1.71. The van der Waals surface area contributed by atoms with Gasteiger partial charge in [-0.15, -0.1) is 0 Å². The molecule has 1 aromatic heterocycles. The number of carbonyl (C=O) groups excluding carboxylic acids is 1. The van der Waals surface area contributed by atoms with E-state index in [9.17, 15) is 4.79 Å². The minimum atomic E-state index is 0.161. The lowest BCUT2D eigenvalue weighted by atomic mass is 10.1. The van der Waals surface area contributed by atoms with E-state index in [1.54, 1.807) is 18.4 Å². The average molecular weight is 322 g/mol. The van der Waals surface area contributed by atoms with Gasteiger partial charge in [-0.05, 0) is 47.6 Å². The van der Waals surface area contributed by atoms with Crippen LogP contribution in [0.1, 0.15) is 37.7 Å². The molecule has 5 nitrogen and oxygen atoms in total. The lowest BCUT2D eigenvalue weighted by Gasteiger charge is -2.27. The Kier molecular flexibility index (Phi) is 6.71. The van der Waals surface area contributed by atoms with E-state index >= 15 is 0 Å². The summed E-state index contributed by atoms with van der Waals surface area (Å²) in [6.45, 7) is 5.07. The van der Waals surface area contributed by atoms with Crippen molar-refractivity contribution in [1.29, 1.82) is 0 Å². The topological polar surface area (TPSA) is 56.7 Å². The highest BCUT2D eigenvalue weighted by atomic mass is 32.1. The molecule has 0 saturated carbocycles. The van der Waals surface area contributed by atoms with Gasteiger partial charge in [0.05, 0.1) is 6.54 Å². The molecular formula is C16H26N4OS. The van der Waals surface area contributed by atoms with Gasteiger partial charge in [-0.2, -0.15) is 11.3 Å². The number of hydrogen-bond acceptors (Lipinski definition) is 3. The van der Waals surface area contributed by atoms with E-state index in [0.717, 1.165) is 32.5 Å². The normalized spacial score (nSPS) is 17.2. The third kappa shape index (κ3) is 5.02. The van der Waals surface area contributed by atoms with E-state index in [4.69, 9.17) is 0 Å². The highest BCUT2D eigenvalue weighted by molar-refractivity contribution is 7.07. The fourth-order valence-electron chi connectivity index (χ4n) is 2.56. The number of nitrogens with one attached hydrogen (secondary N) is 2. The molecule has 1 aliphatic rings. The number of nitrogens with zero attached hydrogens (tertiary/aromatic N) is 2. The number of thiophene rings is 1. The van der Waals surface area contributed by atoms with Crippen LogP contribution in [0.4, 0.5) is 0 Å². The quantitative estimate of drug-likeness (QED) is 0.644. The summed E-state index contributed by atoms with van der Waals surface area (Å²) in [6.07, 6.45) is 3.48. The highest BCUT2D eigenvalue weighted by Crippen LogP contribution is 2.16. The molecule has 1 aliphatic heterocycles. The maximum atomic E-state index is 12.1. The van der Waals surface area contributed by atoms with Crippen molar-refractivity contribution in [2.75, 3.05) is 33.2 Å². The zero-order chi connectivity index (χ0) is 15.8. The molecule has 2 N–H and O–H groups in total. The van der Waals surface area contributed by atoms with Crippen molar-refractivity contribution in [1.82, 2.24) is 15.5 Å². The minimum Gasteiger partial charge on any atom is -0.356 e. The molecule has 22 heavy (non-hydrogen) atoms. The first-order valence-corrected chi connectivity index (χ1v) is 8.89. The summed E-state index contributed by atoms with van der Waals surface area (Å²) >= 11 is 1.71. The van der Waals surface area contributed by atoms with Crippen LogP contribution in [0.15, 0.2) is 21.8 Å². The number of likely N-dealkylation sites (tertiary alicyclic amines) is 1. The lowest BCUT2D eigenvalue weighted by molar-refractivity contribution is -0.130. The van der Waals surface area contributed by atoms with Crippen LogP contribution in [-0.4, -0.2) is 50.0 Å². The zero-order valence-electron chi connectivity index (χ0n) is 13.5. The van der Waals surface area contributed by atoms with Crippen LogP contribution in [0.3, 0.4) is 0 Å². The molecule has 1 saturated heterocycles. The standard InChI is InChI=1S/C16H26N4OS/c1-13(14-6-9-22-12-14)10-18-16(17-2)19-11-15(21)20-7-4-3-5-8-20/h6,9,12-13H,3-5,7-8,10-11H2,1-2H3,(H2,17,18,19). The smallest absolute Gasteiger partial charge is 0.241 e. The lowest BCUT2D eigenvalue weighted by Crippen LogP contribution is -2.46. The first-order valence-electron chi connectivity index (χ1n) is 7.95. The molecular weight excluding hydrogens is 296 g/mol. The van der Waals surface area contributed by atoms with Crippen molar-refractivity contribution in [2.24, 2.45) is 4.99 Å². The molecule has 1 unspecified atom stereocenters. The van der Waals surface area contributed by atoms with Crippen molar-refractivity contribution >= 4 is 23.2 Å². The molecule has 122 valence electrons. The van der Waals surface area contributed by atoms with Gasteiger partial charge < -0.3 is 15.5 Å². The SMILES string of the molecule is CN=C(NCC(=O)N1CCCCC1)NCC(C)c1ccsc1. The Hall–Kier alpha value is -1.56. The molecule has 0 bridgehead atoms. The van der Waals surface area contributed by atoms with E-state index in [1.165, 1.54) is 12.0 Å². The molecule has 6 heteroatoms. The largest absolute Gasteiger partial charge is 0.356 e. The van der Waals surface area contributed by atoms with Gasteiger partial charge in [-0.25, -0.2) is 0 Å². The fourth-order valence-corrected chi connectivity index (χ4v) is 3.34. The van der Waals surface area contributed by atoms with Crippen molar-refractivity contribution < 1.29 is 4.79 Å². The first kappa shape index (κ1) is 16.8. The van der Waals surface area contributed by atoms with E-state index in [0.29, 0.717) is 18.4 Å². The second kappa shape index (κ2) is 8.78. The van der Waals surface area contributed by atoms with Gasteiger partial charge in [-0.3, -0.25) is 9.79 Å². The fraction of sp³-hybridized carbons (Fsp3) is 0.625. The van der Waals surface area contributed by atoms with Gasteiger partial charge in [0.25, 0.3) is 0 Å². The molecule has 1 fully saturated rings. The van der Waals surface area contributed by atoms with Gasteiger partial charge in [0.1, 0.15) is 0 Å². The van der Waals surface area contributed by atoms with Crippen molar-refractivity contribution in [2.45, 2.75) is 32.1 Å². The zero-order valence-corrected chi connectivity index (χ0v) is 14.3. The number of guanidine groups is 1. The van der Waals surface area contributed by atoms with Gasteiger partial charge in [0.2, 0.25) is 5.91 Å². The Bertz CT molecular complexity index is 480. The number of hydrogen-bond donors (Lipinski definition) is 2. The van der Waals surface area contributed by atoms with Crippen LogP contribution in [0.2, 0.25) is 0 Å². The summed E-state index contributed by atoms with van der Waals surface area (Å²) in [5.41, 5.74) is 1.33. The molecule has 1 aromatic rings. The van der Waals surface area contributed by atoms with Gasteiger partial charge >= 0.3 is 0 Å². The molecule has 0 aromatic carbocycles. The van der Waals surface area contributed by atoms with Crippen LogP contribution < -0.4 is 10.6 Å². The predicted octanol–water partition coefficient (Wildman–Crippen LogP) is 2.03. The molecule has 2 heterocycles. The number of aliphatic imine (C=N–C) groups is 1.